The molecule has 0 unspecified atom stereocenters. The molecule has 1 aromatic rings. The zero-order chi connectivity index (χ0) is 12.7. The zero-order valence-corrected chi connectivity index (χ0v) is 10.2. The van der Waals surface area contributed by atoms with E-state index in [0.29, 0.717) is 36.3 Å². The summed E-state index contributed by atoms with van der Waals surface area (Å²) in [5, 5.41) is 0. The van der Waals surface area contributed by atoms with Crippen molar-refractivity contribution in [2.45, 2.75) is 19.3 Å². The van der Waals surface area contributed by atoms with Crippen LogP contribution in [-0.2, 0) is 0 Å². The first-order valence-electron chi connectivity index (χ1n) is 5.41. The summed E-state index contributed by atoms with van der Waals surface area (Å²) in [4.78, 5) is 12.0. The average molecular weight is 232 g/mol. The number of carbonyl (C=O) groups is 1. The molecule has 90 valence electrons. The molecule has 0 N–H and O–H groups in total. The smallest absolute Gasteiger partial charge is 0.166 e. The lowest BCUT2D eigenvalue weighted by Gasteiger charge is -2.09. The Kier molecular flexibility index (Phi) is 5.09. The maximum atomic E-state index is 12.0. The number of benzene rings is 1. The highest BCUT2D eigenvalue weighted by atomic mass is 16.5. The SMILES string of the molecule is C#CCCCC(=O)c1cc(OC)ccc1OC. The van der Waals surface area contributed by atoms with Gasteiger partial charge in [-0.15, -0.1) is 12.3 Å². The Balaban J connectivity index is 2.86. The molecule has 0 aliphatic rings. The van der Waals surface area contributed by atoms with E-state index in [1.165, 1.54) is 0 Å². The molecule has 0 atom stereocenters. The van der Waals surface area contributed by atoms with Crippen LogP contribution in [0.4, 0.5) is 0 Å². The third kappa shape index (κ3) is 3.53. The van der Waals surface area contributed by atoms with Gasteiger partial charge in [0.2, 0.25) is 0 Å². The molecule has 0 saturated carbocycles. The number of terminal acetylenes is 1. The summed E-state index contributed by atoms with van der Waals surface area (Å²) in [6.07, 6.45) is 6.87. The van der Waals surface area contributed by atoms with Gasteiger partial charge < -0.3 is 9.47 Å². The number of unbranched alkanes of at least 4 members (excludes halogenated alkanes) is 1. The second-order valence-corrected chi connectivity index (χ2v) is 3.55. The highest BCUT2D eigenvalue weighted by Crippen LogP contribution is 2.25. The van der Waals surface area contributed by atoms with Gasteiger partial charge in [-0.25, -0.2) is 0 Å². The Hall–Kier alpha value is -1.95. The maximum Gasteiger partial charge on any atom is 0.166 e. The number of ether oxygens (including phenoxy) is 2. The van der Waals surface area contributed by atoms with Crippen molar-refractivity contribution in [1.82, 2.24) is 0 Å². The van der Waals surface area contributed by atoms with E-state index in [0.717, 1.165) is 0 Å². The first kappa shape index (κ1) is 13.1. The fraction of sp³-hybridized carbons (Fsp3) is 0.357. The zero-order valence-electron chi connectivity index (χ0n) is 10.2. The quantitative estimate of drug-likeness (QED) is 0.430. The van der Waals surface area contributed by atoms with Crippen molar-refractivity contribution in [2.75, 3.05) is 14.2 Å². The molecular formula is C14H16O3. The van der Waals surface area contributed by atoms with Gasteiger partial charge in [-0.2, -0.15) is 0 Å². The standard InChI is InChI=1S/C14H16O3/c1-4-5-6-7-13(15)12-10-11(16-2)8-9-14(12)17-3/h1,8-10H,5-7H2,2-3H3. The van der Waals surface area contributed by atoms with E-state index in [-0.39, 0.29) is 5.78 Å². The first-order chi connectivity index (χ1) is 8.22. The predicted molar refractivity (Wildman–Crippen MR) is 66.6 cm³/mol. The summed E-state index contributed by atoms with van der Waals surface area (Å²) in [7, 11) is 3.11. The summed E-state index contributed by atoms with van der Waals surface area (Å²) < 4.78 is 10.2. The minimum absolute atomic E-state index is 0.0241. The van der Waals surface area contributed by atoms with E-state index in [1.807, 2.05) is 0 Å². The normalized spacial score (nSPS) is 9.47. The molecule has 0 fully saturated rings. The lowest BCUT2D eigenvalue weighted by molar-refractivity contribution is 0.0977. The number of hydrogen-bond donors (Lipinski definition) is 0. The maximum absolute atomic E-state index is 12.0. The van der Waals surface area contributed by atoms with Gasteiger partial charge in [0.1, 0.15) is 11.5 Å². The number of methoxy groups -OCH3 is 2. The Morgan fingerprint density at radius 2 is 2.12 bits per heavy atom. The molecular weight excluding hydrogens is 216 g/mol. The highest BCUT2D eigenvalue weighted by molar-refractivity contribution is 5.99. The van der Waals surface area contributed by atoms with E-state index in [4.69, 9.17) is 15.9 Å². The number of ketones is 1. The average Bonchev–Trinajstić information content (AvgIpc) is 2.38. The molecule has 0 spiro atoms. The molecule has 0 amide bonds. The fourth-order valence-corrected chi connectivity index (χ4v) is 1.52. The molecule has 1 aromatic carbocycles. The second-order valence-electron chi connectivity index (χ2n) is 3.55. The van der Waals surface area contributed by atoms with Gasteiger partial charge in [-0.05, 0) is 24.6 Å². The van der Waals surface area contributed by atoms with Crippen molar-refractivity contribution in [3.63, 3.8) is 0 Å². The van der Waals surface area contributed by atoms with E-state index in [1.54, 1.807) is 32.4 Å². The van der Waals surface area contributed by atoms with Crippen molar-refractivity contribution >= 4 is 5.78 Å². The van der Waals surface area contributed by atoms with Gasteiger partial charge in [-0.3, -0.25) is 4.79 Å². The van der Waals surface area contributed by atoms with Gasteiger partial charge in [-0.1, -0.05) is 0 Å². The number of carbonyl (C=O) groups excluding carboxylic acids is 1. The van der Waals surface area contributed by atoms with Crippen molar-refractivity contribution in [3.05, 3.63) is 23.8 Å². The monoisotopic (exact) mass is 232 g/mol. The minimum Gasteiger partial charge on any atom is -0.497 e. The first-order valence-corrected chi connectivity index (χ1v) is 5.41. The van der Waals surface area contributed by atoms with Crippen LogP contribution in [0.2, 0.25) is 0 Å². The predicted octanol–water partition coefficient (Wildman–Crippen LogP) is 2.69. The summed E-state index contributed by atoms with van der Waals surface area (Å²) in [6.45, 7) is 0. The van der Waals surface area contributed by atoms with E-state index in [2.05, 4.69) is 5.92 Å². The fourth-order valence-electron chi connectivity index (χ4n) is 1.52. The minimum atomic E-state index is 0.0241. The van der Waals surface area contributed by atoms with Crippen molar-refractivity contribution < 1.29 is 14.3 Å². The number of rotatable bonds is 6. The highest BCUT2D eigenvalue weighted by Gasteiger charge is 2.12. The lowest BCUT2D eigenvalue weighted by atomic mass is 10.0. The second kappa shape index (κ2) is 6.59. The van der Waals surface area contributed by atoms with Crippen molar-refractivity contribution in [1.29, 1.82) is 0 Å². The molecule has 0 aliphatic carbocycles. The molecule has 0 radical (unpaired) electrons. The third-order valence-electron chi connectivity index (χ3n) is 2.43. The Bertz CT molecular complexity index is 430. The van der Waals surface area contributed by atoms with Crippen LogP contribution in [-0.4, -0.2) is 20.0 Å². The van der Waals surface area contributed by atoms with Crippen LogP contribution in [0.15, 0.2) is 18.2 Å². The summed E-state index contributed by atoms with van der Waals surface area (Å²) in [5.41, 5.74) is 0.545. The Morgan fingerprint density at radius 1 is 1.35 bits per heavy atom. The van der Waals surface area contributed by atoms with Crippen LogP contribution in [0.1, 0.15) is 29.6 Å². The van der Waals surface area contributed by atoms with Crippen LogP contribution in [0, 0.1) is 12.3 Å². The van der Waals surface area contributed by atoms with Gasteiger partial charge in [0.05, 0.1) is 19.8 Å². The van der Waals surface area contributed by atoms with Gasteiger partial charge in [0.25, 0.3) is 0 Å². The molecule has 0 bridgehead atoms. The third-order valence-corrected chi connectivity index (χ3v) is 2.43. The Labute approximate surface area is 102 Å². The Morgan fingerprint density at radius 3 is 2.71 bits per heavy atom. The summed E-state index contributed by atoms with van der Waals surface area (Å²) in [5.74, 6) is 3.75. The molecule has 3 nitrogen and oxygen atoms in total. The lowest BCUT2D eigenvalue weighted by Crippen LogP contribution is -2.02. The van der Waals surface area contributed by atoms with E-state index >= 15 is 0 Å². The molecule has 0 aliphatic heterocycles. The van der Waals surface area contributed by atoms with Gasteiger partial charge in [0.15, 0.2) is 5.78 Å². The van der Waals surface area contributed by atoms with Gasteiger partial charge >= 0.3 is 0 Å². The van der Waals surface area contributed by atoms with Crippen LogP contribution >= 0.6 is 0 Å². The van der Waals surface area contributed by atoms with Crippen molar-refractivity contribution in [3.8, 4) is 23.8 Å². The van der Waals surface area contributed by atoms with Crippen LogP contribution in [0.3, 0.4) is 0 Å². The molecule has 17 heavy (non-hydrogen) atoms. The summed E-state index contributed by atoms with van der Waals surface area (Å²) >= 11 is 0. The topological polar surface area (TPSA) is 35.5 Å². The molecule has 1 rings (SSSR count). The van der Waals surface area contributed by atoms with Crippen LogP contribution < -0.4 is 9.47 Å². The number of hydrogen-bond acceptors (Lipinski definition) is 3. The number of Topliss-reactive ketones (excluding diaryl/α,β-unsaturated/α-hetero) is 1. The molecule has 0 saturated heterocycles. The van der Waals surface area contributed by atoms with Crippen LogP contribution in [0.25, 0.3) is 0 Å². The largest absolute Gasteiger partial charge is 0.497 e. The van der Waals surface area contributed by atoms with Crippen LogP contribution in [0.5, 0.6) is 11.5 Å². The van der Waals surface area contributed by atoms with Crippen molar-refractivity contribution in [2.24, 2.45) is 0 Å². The molecule has 0 aromatic heterocycles. The molecule has 3 heteroatoms. The molecule has 0 heterocycles. The van der Waals surface area contributed by atoms with Gasteiger partial charge in [0, 0.05) is 12.8 Å². The van der Waals surface area contributed by atoms with E-state index < -0.39 is 0 Å². The summed E-state index contributed by atoms with van der Waals surface area (Å²) in [6, 6.07) is 5.18. The van der Waals surface area contributed by atoms with E-state index in [9.17, 15) is 4.79 Å².